The minimum absolute atomic E-state index is 0.100. The first-order valence-corrected chi connectivity index (χ1v) is 7.12. The fraction of sp³-hybridized carbons (Fsp3) is 0.235. The van der Waals surface area contributed by atoms with Crippen molar-refractivity contribution in [3.8, 4) is 11.5 Å². The third-order valence-corrected chi connectivity index (χ3v) is 3.43. The molecule has 0 aliphatic rings. The number of carbonyl (C=O) groups excluding carboxylic acids is 1. The molecule has 2 aromatic carbocycles. The Balaban J connectivity index is 1.91. The van der Waals surface area contributed by atoms with Gasteiger partial charge in [0.1, 0.15) is 11.5 Å². The van der Waals surface area contributed by atoms with Crippen LogP contribution in [-0.4, -0.2) is 24.7 Å². The molecule has 4 nitrogen and oxygen atoms in total. The summed E-state index contributed by atoms with van der Waals surface area (Å²) in [5.41, 5.74) is 0.0592. The number of aromatic hydroxyl groups is 1. The number of hydrogen-bond donors (Lipinski definition) is 2. The first-order chi connectivity index (χ1) is 11.3. The zero-order valence-electron chi connectivity index (χ0n) is 12.9. The van der Waals surface area contributed by atoms with Gasteiger partial charge in [-0.15, -0.1) is 0 Å². The normalized spacial score (nSPS) is 11.2. The fourth-order valence-corrected chi connectivity index (χ4v) is 2.11. The Labute approximate surface area is 136 Å². The summed E-state index contributed by atoms with van der Waals surface area (Å²) in [5.74, 6) is -0.253. The number of hydrogen-bond acceptors (Lipinski definition) is 3. The Morgan fingerprint density at radius 2 is 1.83 bits per heavy atom. The molecule has 0 radical (unpaired) electrons. The number of amides is 1. The van der Waals surface area contributed by atoms with Gasteiger partial charge in [0.15, 0.2) is 0 Å². The Kier molecular flexibility index (Phi) is 5.33. The lowest BCUT2D eigenvalue weighted by Crippen LogP contribution is -2.25. The van der Waals surface area contributed by atoms with E-state index in [9.17, 15) is 23.1 Å². The molecule has 2 N–H and O–H groups in total. The summed E-state index contributed by atoms with van der Waals surface area (Å²) < 4.78 is 42.3. The molecule has 2 rings (SSSR count). The van der Waals surface area contributed by atoms with E-state index in [2.05, 4.69) is 5.32 Å². The number of phenols is 1. The standard InChI is InChI=1S/C17H16F3NO3/c1-24-13-6-7-14(15(22)10-13)16(23)21-9-8-11-2-4-12(5-3-11)17(18,19)20/h2-7,10,22H,8-9H2,1H3,(H,21,23). The van der Waals surface area contributed by atoms with Crippen LogP contribution in [0, 0.1) is 0 Å². The first-order valence-electron chi connectivity index (χ1n) is 7.12. The highest BCUT2D eigenvalue weighted by Gasteiger charge is 2.29. The van der Waals surface area contributed by atoms with Crippen LogP contribution < -0.4 is 10.1 Å². The van der Waals surface area contributed by atoms with Gasteiger partial charge in [-0.1, -0.05) is 12.1 Å². The topological polar surface area (TPSA) is 58.6 Å². The number of carbonyl (C=O) groups is 1. The van der Waals surface area contributed by atoms with Crippen LogP contribution in [0.2, 0.25) is 0 Å². The second kappa shape index (κ2) is 7.25. The zero-order valence-corrected chi connectivity index (χ0v) is 12.9. The van der Waals surface area contributed by atoms with E-state index in [-0.39, 0.29) is 17.9 Å². The zero-order chi connectivity index (χ0) is 17.7. The Morgan fingerprint density at radius 1 is 1.17 bits per heavy atom. The second-order valence-corrected chi connectivity index (χ2v) is 5.08. The number of ether oxygens (including phenoxy) is 1. The van der Waals surface area contributed by atoms with E-state index in [4.69, 9.17) is 4.74 Å². The molecule has 0 saturated carbocycles. The minimum Gasteiger partial charge on any atom is -0.507 e. The predicted molar refractivity (Wildman–Crippen MR) is 82.1 cm³/mol. The van der Waals surface area contributed by atoms with Crippen LogP contribution in [0.3, 0.4) is 0 Å². The average molecular weight is 339 g/mol. The van der Waals surface area contributed by atoms with Crippen molar-refractivity contribution in [1.82, 2.24) is 5.32 Å². The lowest BCUT2D eigenvalue weighted by atomic mass is 10.1. The van der Waals surface area contributed by atoms with Crippen LogP contribution >= 0.6 is 0 Å². The monoisotopic (exact) mass is 339 g/mol. The molecule has 0 spiro atoms. The van der Waals surface area contributed by atoms with Gasteiger partial charge in [-0.05, 0) is 36.2 Å². The molecule has 0 unspecified atom stereocenters. The van der Waals surface area contributed by atoms with Crippen molar-refractivity contribution in [2.24, 2.45) is 0 Å². The van der Waals surface area contributed by atoms with E-state index in [0.29, 0.717) is 17.7 Å². The number of benzene rings is 2. The summed E-state index contributed by atoms with van der Waals surface area (Å²) in [7, 11) is 1.44. The number of halogens is 3. The quantitative estimate of drug-likeness (QED) is 0.878. The second-order valence-electron chi connectivity index (χ2n) is 5.08. The van der Waals surface area contributed by atoms with Gasteiger partial charge in [0, 0.05) is 12.6 Å². The maximum atomic E-state index is 12.5. The van der Waals surface area contributed by atoms with Gasteiger partial charge in [-0.3, -0.25) is 4.79 Å². The summed E-state index contributed by atoms with van der Waals surface area (Å²) in [4.78, 5) is 12.0. The molecule has 24 heavy (non-hydrogen) atoms. The van der Waals surface area contributed by atoms with Gasteiger partial charge < -0.3 is 15.2 Å². The van der Waals surface area contributed by atoms with E-state index in [1.54, 1.807) is 6.07 Å². The first kappa shape index (κ1) is 17.7. The molecule has 0 saturated heterocycles. The molecule has 7 heteroatoms. The van der Waals surface area contributed by atoms with Crippen LogP contribution in [0.4, 0.5) is 13.2 Å². The highest BCUT2D eigenvalue weighted by molar-refractivity contribution is 5.97. The number of rotatable bonds is 5. The van der Waals surface area contributed by atoms with Gasteiger partial charge in [0.2, 0.25) is 0 Å². The van der Waals surface area contributed by atoms with E-state index in [1.165, 1.54) is 31.4 Å². The summed E-state index contributed by atoms with van der Waals surface area (Å²) in [6.07, 6.45) is -3.99. The molecule has 0 aliphatic heterocycles. The molecule has 1 amide bonds. The van der Waals surface area contributed by atoms with Gasteiger partial charge in [0.05, 0.1) is 18.2 Å². The van der Waals surface area contributed by atoms with E-state index in [1.807, 2.05) is 0 Å². The molecule has 2 aromatic rings. The molecule has 0 atom stereocenters. The summed E-state index contributed by atoms with van der Waals surface area (Å²) in [5, 5.41) is 12.4. The summed E-state index contributed by atoms with van der Waals surface area (Å²) in [6, 6.07) is 9.06. The highest BCUT2D eigenvalue weighted by Crippen LogP contribution is 2.29. The molecule has 0 aromatic heterocycles. The third kappa shape index (κ3) is 4.41. The van der Waals surface area contributed by atoms with Crippen molar-refractivity contribution in [2.45, 2.75) is 12.6 Å². The molecule has 128 valence electrons. The van der Waals surface area contributed by atoms with Crippen molar-refractivity contribution in [1.29, 1.82) is 0 Å². The van der Waals surface area contributed by atoms with Crippen molar-refractivity contribution < 1.29 is 27.8 Å². The van der Waals surface area contributed by atoms with Crippen LogP contribution in [0.25, 0.3) is 0 Å². The highest BCUT2D eigenvalue weighted by atomic mass is 19.4. The molecule has 0 heterocycles. The molecule has 0 aliphatic carbocycles. The molecule has 0 fully saturated rings. The fourth-order valence-electron chi connectivity index (χ4n) is 2.11. The predicted octanol–water partition coefficient (Wildman–Crippen LogP) is 3.39. The van der Waals surface area contributed by atoms with Gasteiger partial charge >= 0.3 is 6.18 Å². The summed E-state index contributed by atoms with van der Waals surface area (Å²) >= 11 is 0. The lowest BCUT2D eigenvalue weighted by molar-refractivity contribution is -0.137. The lowest BCUT2D eigenvalue weighted by Gasteiger charge is -2.09. The van der Waals surface area contributed by atoms with Gasteiger partial charge in [-0.2, -0.15) is 13.2 Å². The Morgan fingerprint density at radius 3 is 2.38 bits per heavy atom. The minimum atomic E-state index is -4.36. The number of phenolic OH excluding ortho intramolecular Hbond substituents is 1. The largest absolute Gasteiger partial charge is 0.507 e. The average Bonchev–Trinajstić information content (AvgIpc) is 2.54. The maximum Gasteiger partial charge on any atom is 0.416 e. The number of methoxy groups -OCH3 is 1. The number of alkyl halides is 3. The van der Waals surface area contributed by atoms with E-state index in [0.717, 1.165) is 12.1 Å². The van der Waals surface area contributed by atoms with E-state index >= 15 is 0 Å². The van der Waals surface area contributed by atoms with Gasteiger partial charge in [0.25, 0.3) is 5.91 Å². The summed E-state index contributed by atoms with van der Waals surface area (Å²) in [6.45, 7) is 0.232. The molecular weight excluding hydrogens is 323 g/mol. The van der Waals surface area contributed by atoms with E-state index < -0.39 is 17.6 Å². The Bertz CT molecular complexity index is 712. The van der Waals surface area contributed by atoms with Crippen molar-refractivity contribution >= 4 is 5.91 Å². The van der Waals surface area contributed by atoms with Crippen LogP contribution in [-0.2, 0) is 12.6 Å². The molecular formula is C17H16F3NO3. The SMILES string of the molecule is COc1ccc(C(=O)NCCc2ccc(C(F)(F)F)cc2)c(O)c1. The van der Waals surface area contributed by atoms with Crippen molar-refractivity contribution in [3.63, 3.8) is 0 Å². The third-order valence-electron chi connectivity index (χ3n) is 3.43. The maximum absolute atomic E-state index is 12.5. The van der Waals surface area contributed by atoms with Crippen molar-refractivity contribution in [3.05, 3.63) is 59.2 Å². The smallest absolute Gasteiger partial charge is 0.416 e. The van der Waals surface area contributed by atoms with Crippen LogP contribution in [0.5, 0.6) is 11.5 Å². The van der Waals surface area contributed by atoms with Gasteiger partial charge in [-0.25, -0.2) is 0 Å². The van der Waals surface area contributed by atoms with Crippen LogP contribution in [0.15, 0.2) is 42.5 Å². The van der Waals surface area contributed by atoms with Crippen LogP contribution in [0.1, 0.15) is 21.5 Å². The molecule has 0 bridgehead atoms. The Hall–Kier alpha value is -2.70. The van der Waals surface area contributed by atoms with Crippen molar-refractivity contribution in [2.75, 3.05) is 13.7 Å². The number of nitrogens with one attached hydrogen (secondary N) is 1.